The monoisotopic (exact) mass is 339 g/mol. The summed E-state index contributed by atoms with van der Waals surface area (Å²) in [6.45, 7) is 0. The van der Waals surface area contributed by atoms with Crippen LogP contribution in [-0.2, 0) is 6.42 Å². The van der Waals surface area contributed by atoms with Gasteiger partial charge in [0.25, 0.3) is 0 Å². The first-order valence-electron chi connectivity index (χ1n) is 6.07. The minimum Gasteiger partial charge on any atom is -0.495 e. The molecule has 0 aromatic heterocycles. The largest absolute Gasteiger partial charge is 0.495 e. The Kier molecular flexibility index (Phi) is 4.62. The lowest BCUT2D eigenvalue weighted by Crippen LogP contribution is -2.07. The summed E-state index contributed by atoms with van der Waals surface area (Å²) in [7, 11) is 1.52. The van der Waals surface area contributed by atoms with Gasteiger partial charge in [0.2, 0.25) is 0 Å². The molecule has 0 aliphatic carbocycles. The van der Waals surface area contributed by atoms with Gasteiger partial charge in [0.05, 0.1) is 18.9 Å². The Bertz CT molecular complexity index is 619. The lowest BCUT2D eigenvalue weighted by Gasteiger charge is -2.16. The molecule has 1 atom stereocenters. The third-order valence-electron chi connectivity index (χ3n) is 3.10. The van der Waals surface area contributed by atoms with E-state index in [9.17, 15) is 9.50 Å². The summed E-state index contributed by atoms with van der Waals surface area (Å²) in [5, 5.41) is 10.3. The van der Waals surface area contributed by atoms with Gasteiger partial charge in [-0.2, -0.15) is 0 Å². The number of methoxy groups -OCH3 is 1. The molecule has 20 heavy (non-hydrogen) atoms. The molecule has 3 N–H and O–H groups in total. The molecule has 0 saturated heterocycles. The highest BCUT2D eigenvalue weighted by molar-refractivity contribution is 9.10. The van der Waals surface area contributed by atoms with E-state index < -0.39 is 6.10 Å². The van der Waals surface area contributed by atoms with Crippen molar-refractivity contribution in [1.82, 2.24) is 0 Å². The number of rotatable bonds is 4. The van der Waals surface area contributed by atoms with E-state index in [1.807, 2.05) is 0 Å². The van der Waals surface area contributed by atoms with Crippen molar-refractivity contribution in [2.24, 2.45) is 0 Å². The van der Waals surface area contributed by atoms with Crippen molar-refractivity contribution < 1.29 is 14.2 Å². The second-order valence-electron chi connectivity index (χ2n) is 4.42. The predicted molar refractivity (Wildman–Crippen MR) is 80.2 cm³/mol. The summed E-state index contributed by atoms with van der Waals surface area (Å²) in [6, 6.07) is 9.59. The van der Waals surface area contributed by atoms with E-state index in [2.05, 4.69) is 15.9 Å². The molecule has 0 spiro atoms. The molecule has 0 amide bonds. The molecule has 2 rings (SSSR count). The predicted octanol–water partition coefficient (Wildman–Crippen LogP) is 3.46. The van der Waals surface area contributed by atoms with Crippen molar-refractivity contribution in [3.8, 4) is 5.75 Å². The van der Waals surface area contributed by atoms with E-state index in [4.69, 9.17) is 10.5 Å². The Hall–Kier alpha value is -1.59. The van der Waals surface area contributed by atoms with E-state index in [1.54, 1.807) is 24.3 Å². The molecule has 0 saturated carbocycles. The summed E-state index contributed by atoms with van der Waals surface area (Å²) < 4.78 is 19.1. The number of nitrogen functional groups attached to an aromatic ring is 1. The van der Waals surface area contributed by atoms with Crippen LogP contribution in [0.1, 0.15) is 17.2 Å². The summed E-state index contributed by atoms with van der Waals surface area (Å²) >= 11 is 3.34. The van der Waals surface area contributed by atoms with Crippen LogP contribution < -0.4 is 10.5 Å². The topological polar surface area (TPSA) is 55.5 Å². The lowest BCUT2D eigenvalue weighted by atomic mass is 9.99. The van der Waals surface area contributed by atoms with Crippen LogP contribution >= 0.6 is 15.9 Å². The molecule has 106 valence electrons. The summed E-state index contributed by atoms with van der Waals surface area (Å²) in [4.78, 5) is 0. The smallest absolute Gasteiger partial charge is 0.142 e. The van der Waals surface area contributed by atoms with Crippen molar-refractivity contribution >= 4 is 21.6 Å². The maximum absolute atomic E-state index is 13.3. The average Bonchev–Trinajstić information content (AvgIpc) is 2.43. The molecule has 2 aromatic rings. The number of aliphatic hydroxyl groups excluding tert-OH is 1. The molecule has 0 radical (unpaired) electrons. The Balaban J connectivity index is 2.28. The Labute approximate surface area is 125 Å². The maximum Gasteiger partial charge on any atom is 0.142 e. The summed E-state index contributed by atoms with van der Waals surface area (Å²) in [5.74, 6) is 0.175. The molecule has 3 nitrogen and oxygen atoms in total. The van der Waals surface area contributed by atoms with Crippen molar-refractivity contribution in [1.29, 1.82) is 0 Å². The number of ether oxygens (including phenoxy) is 1. The number of benzene rings is 2. The zero-order chi connectivity index (χ0) is 14.7. The SMILES string of the molecule is COc1cccc(C(O)Cc2cc(F)ccc2Br)c1N. The minimum atomic E-state index is -0.830. The van der Waals surface area contributed by atoms with Crippen LogP contribution in [0.15, 0.2) is 40.9 Å². The number of aliphatic hydroxyl groups is 1. The molecule has 1 unspecified atom stereocenters. The van der Waals surface area contributed by atoms with Gasteiger partial charge in [-0.05, 0) is 29.8 Å². The molecule has 0 heterocycles. The van der Waals surface area contributed by atoms with E-state index in [0.717, 1.165) is 4.47 Å². The zero-order valence-corrected chi connectivity index (χ0v) is 12.5. The normalized spacial score (nSPS) is 12.2. The van der Waals surface area contributed by atoms with Crippen molar-refractivity contribution in [3.63, 3.8) is 0 Å². The first-order chi connectivity index (χ1) is 9.52. The van der Waals surface area contributed by atoms with Gasteiger partial charge in [0.1, 0.15) is 11.6 Å². The van der Waals surface area contributed by atoms with Crippen LogP contribution in [0, 0.1) is 5.82 Å². The molecular weight excluding hydrogens is 325 g/mol. The highest BCUT2D eigenvalue weighted by Gasteiger charge is 2.16. The molecule has 0 fully saturated rings. The number of hydrogen-bond acceptors (Lipinski definition) is 3. The van der Waals surface area contributed by atoms with Crippen LogP contribution in [0.3, 0.4) is 0 Å². The quantitative estimate of drug-likeness (QED) is 0.838. The van der Waals surface area contributed by atoms with Crippen LogP contribution in [0.25, 0.3) is 0 Å². The van der Waals surface area contributed by atoms with Crippen molar-refractivity contribution in [3.05, 3.63) is 57.8 Å². The number of para-hydroxylation sites is 1. The first-order valence-corrected chi connectivity index (χ1v) is 6.86. The van der Waals surface area contributed by atoms with E-state index in [1.165, 1.54) is 19.2 Å². The van der Waals surface area contributed by atoms with Crippen molar-refractivity contribution in [2.45, 2.75) is 12.5 Å². The number of nitrogens with two attached hydrogens (primary N) is 1. The minimum absolute atomic E-state index is 0.260. The van der Waals surface area contributed by atoms with Gasteiger partial charge in [-0.3, -0.25) is 0 Å². The number of anilines is 1. The fraction of sp³-hybridized carbons (Fsp3) is 0.200. The van der Waals surface area contributed by atoms with Crippen molar-refractivity contribution in [2.75, 3.05) is 12.8 Å². The van der Waals surface area contributed by atoms with Crippen LogP contribution in [0.4, 0.5) is 10.1 Å². The molecular formula is C15H15BrFNO2. The highest BCUT2D eigenvalue weighted by Crippen LogP contribution is 2.32. The highest BCUT2D eigenvalue weighted by atomic mass is 79.9. The molecule has 0 bridgehead atoms. The maximum atomic E-state index is 13.3. The lowest BCUT2D eigenvalue weighted by molar-refractivity contribution is 0.178. The van der Waals surface area contributed by atoms with E-state index >= 15 is 0 Å². The van der Waals surface area contributed by atoms with Gasteiger partial charge in [0.15, 0.2) is 0 Å². The summed E-state index contributed by atoms with van der Waals surface area (Å²) in [5.41, 5.74) is 7.59. The Morgan fingerprint density at radius 3 is 2.80 bits per heavy atom. The third kappa shape index (κ3) is 3.11. The average molecular weight is 340 g/mol. The molecule has 2 aromatic carbocycles. The van der Waals surface area contributed by atoms with Gasteiger partial charge >= 0.3 is 0 Å². The number of hydrogen-bond donors (Lipinski definition) is 2. The fourth-order valence-corrected chi connectivity index (χ4v) is 2.46. The Morgan fingerprint density at radius 1 is 1.35 bits per heavy atom. The van der Waals surface area contributed by atoms with Gasteiger partial charge < -0.3 is 15.6 Å². The van der Waals surface area contributed by atoms with Crippen LogP contribution in [0.5, 0.6) is 5.75 Å². The standard InChI is InChI=1S/C15H15BrFNO2/c1-20-14-4-2-3-11(15(14)18)13(19)8-9-7-10(17)5-6-12(9)16/h2-7,13,19H,8,18H2,1H3. The van der Waals surface area contributed by atoms with Gasteiger partial charge in [-0.25, -0.2) is 4.39 Å². The number of halogens is 2. The van der Waals surface area contributed by atoms with Crippen LogP contribution in [-0.4, -0.2) is 12.2 Å². The molecule has 0 aliphatic rings. The molecule has 5 heteroatoms. The summed E-state index contributed by atoms with van der Waals surface area (Å²) in [6.07, 6.45) is -0.571. The van der Waals surface area contributed by atoms with Gasteiger partial charge in [-0.15, -0.1) is 0 Å². The van der Waals surface area contributed by atoms with Crippen LogP contribution in [0.2, 0.25) is 0 Å². The fourth-order valence-electron chi connectivity index (χ4n) is 2.05. The molecule has 0 aliphatic heterocycles. The van der Waals surface area contributed by atoms with Gasteiger partial charge in [0, 0.05) is 16.5 Å². The third-order valence-corrected chi connectivity index (χ3v) is 3.87. The van der Waals surface area contributed by atoms with Gasteiger partial charge in [-0.1, -0.05) is 28.1 Å². The Morgan fingerprint density at radius 2 is 2.10 bits per heavy atom. The first kappa shape index (κ1) is 14.8. The zero-order valence-electron chi connectivity index (χ0n) is 10.9. The second kappa shape index (κ2) is 6.24. The van der Waals surface area contributed by atoms with E-state index in [-0.39, 0.29) is 12.2 Å². The van der Waals surface area contributed by atoms with E-state index in [0.29, 0.717) is 22.6 Å². The second-order valence-corrected chi connectivity index (χ2v) is 5.27.